The Kier molecular flexibility index (Phi) is 3.00. The van der Waals surface area contributed by atoms with Crippen LogP contribution in [0.5, 0.6) is 0 Å². The summed E-state index contributed by atoms with van der Waals surface area (Å²) in [6, 6.07) is 4.02. The summed E-state index contributed by atoms with van der Waals surface area (Å²) in [5, 5.41) is 1.97. The number of aryl methyl sites for hydroxylation is 2. The number of hydrogen-bond donors (Lipinski definition) is 1. The van der Waals surface area contributed by atoms with Gasteiger partial charge in [-0.25, -0.2) is 0 Å². The smallest absolute Gasteiger partial charge is 0.0752 e. The first kappa shape index (κ1) is 11.9. The van der Waals surface area contributed by atoms with Crippen molar-refractivity contribution in [3.05, 3.63) is 39.5 Å². The summed E-state index contributed by atoms with van der Waals surface area (Å²) in [7, 11) is 0. The fourth-order valence-electron chi connectivity index (χ4n) is 2.93. The lowest BCUT2D eigenvalue weighted by atomic mass is 9.89. The normalized spacial score (nSPS) is 14.8. The topological polar surface area (TPSA) is 38.9 Å². The molecule has 3 rings (SSSR count). The molecule has 1 aliphatic carbocycles. The predicted octanol–water partition coefficient (Wildman–Crippen LogP) is 3.53. The van der Waals surface area contributed by atoms with Crippen molar-refractivity contribution < 1.29 is 0 Å². The zero-order chi connectivity index (χ0) is 12.7. The molecule has 0 saturated carbocycles. The molecule has 1 heterocycles. The lowest BCUT2D eigenvalue weighted by molar-refractivity contribution is 0.664. The Balaban J connectivity index is 2.40. The Labute approximate surface area is 112 Å². The Morgan fingerprint density at radius 2 is 2.06 bits per heavy atom. The van der Waals surface area contributed by atoms with Crippen LogP contribution in [-0.2, 0) is 19.4 Å². The minimum atomic E-state index is 0.586. The van der Waals surface area contributed by atoms with Crippen LogP contribution >= 0.6 is 11.6 Å². The second-order valence-electron chi connectivity index (χ2n) is 5.00. The van der Waals surface area contributed by atoms with Gasteiger partial charge in [0, 0.05) is 22.6 Å². The van der Waals surface area contributed by atoms with Crippen molar-refractivity contribution in [2.24, 2.45) is 5.73 Å². The van der Waals surface area contributed by atoms with Gasteiger partial charge in [-0.05, 0) is 55.4 Å². The first-order valence-electron chi connectivity index (χ1n) is 6.52. The molecule has 18 heavy (non-hydrogen) atoms. The molecule has 0 amide bonds. The average molecular weight is 261 g/mol. The number of nitrogens with two attached hydrogens (primary N) is 1. The summed E-state index contributed by atoms with van der Waals surface area (Å²) in [5.41, 5.74) is 12.0. The first-order valence-corrected chi connectivity index (χ1v) is 6.89. The molecule has 2 nitrogen and oxygen atoms in total. The van der Waals surface area contributed by atoms with E-state index < -0.39 is 0 Å². The molecule has 94 valence electrons. The van der Waals surface area contributed by atoms with Crippen LogP contribution in [0, 0.1) is 6.92 Å². The number of halogens is 1. The van der Waals surface area contributed by atoms with Crippen molar-refractivity contribution in [1.29, 1.82) is 0 Å². The number of aromatic nitrogens is 1. The van der Waals surface area contributed by atoms with E-state index in [9.17, 15) is 0 Å². The van der Waals surface area contributed by atoms with Crippen LogP contribution in [0.25, 0.3) is 10.9 Å². The highest BCUT2D eigenvalue weighted by Gasteiger charge is 2.18. The van der Waals surface area contributed by atoms with Crippen molar-refractivity contribution in [1.82, 2.24) is 4.98 Å². The van der Waals surface area contributed by atoms with E-state index in [0.29, 0.717) is 6.54 Å². The summed E-state index contributed by atoms with van der Waals surface area (Å²) in [5.74, 6) is 0. The molecule has 0 saturated heterocycles. The van der Waals surface area contributed by atoms with E-state index in [1.807, 2.05) is 13.0 Å². The van der Waals surface area contributed by atoms with E-state index in [4.69, 9.17) is 22.3 Å². The van der Waals surface area contributed by atoms with E-state index >= 15 is 0 Å². The van der Waals surface area contributed by atoms with Gasteiger partial charge in [0.2, 0.25) is 0 Å². The number of hydrogen-bond acceptors (Lipinski definition) is 2. The minimum Gasteiger partial charge on any atom is -0.326 e. The van der Waals surface area contributed by atoms with Gasteiger partial charge in [-0.15, -0.1) is 0 Å². The molecular weight excluding hydrogens is 244 g/mol. The van der Waals surface area contributed by atoms with Gasteiger partial charge in [0.15, 0.2) is 0 Å². The maximum absolute atomic E-state index is 6.20. The van der Waals surface area contributed by atoms with E-state index in [0.717, 1.165) is 28.9 Å². The number of fused-ring (bicyclic) bond motifs is 2. The third kappa shape index (κ3) is 1.72. The molecule has 2 aromatic rings. The van der Waals surface area contributed by atoms with Gasteiger partial charge in [0.1, 0.15) is 0 Å². The average Bonchev–Trinajstić information content (AvgIpc) is 2.41. The molecule has 0 aliphatic heterocycles. The second kappa shape index (κ2) is 4.52. The van der Waals surface area contributed by atoms with Gasteiger partial charge in [0.05, 0.1) is 5.52 Å². The fraction of sp³-hybridized carbons (Fsp3) is 0.400. The van der Waals surface area contributed by atoms with Gasteiger partial charge in [-0.2, -0.15) is 0 Å². The zero-order valence-electron chi connectivity index (χ0n) is 10.6. The van der Waals surface area contributed by atoms with Crippen molar-refractivity contribution in [3.63, 3.8) is 0 Å². The van der Waals surface area contributed by atoms with Gasteiger partial charge in [-0.3, -0.25) is 4.98 Å². The Hall–Kier alpha value is -1.12. The zero-order valence-corrected chi connectivity index (χ0v) is 11.3. The van der Waals surface area contributed by atoms with E-state index in [1.54, 1.807) is 0 Å². The molecule has 0 radical (unpaired) electrons. The number of rotatable bonds is 1. The molecule has 0 unspecified atom stereocenters. The summed E-state index contributed by atoms with van der Waals surface area (Å²) >= 11 is 6.20. The summed E-state index contributed by atoms with van der Waals surface area (Å²) in [4.78, 5) is 4.84. The van der Waals surface area contributed by atoms with Crippen LogP contribution in [0.4, 0.5) is 0 Å². The third-order valence-corrected chi connectivity index (χ3v) is 4.35. The monoisotopic (exact) mass is 260 g/mol. The fourth-order valence-corrected chi connectivity index (χ4v) is 3.08. The summed E-state index contributed by atoms with van der Waals surface area (Å²) in [6.07, 6.45) is 4.67. The van der Waals surface area contributed by atoms with E-state index in [1.165, 1.54) is 35.0 Å². The van der Waals surface area contributed by atoms with E-state index in [-0.39, 0.29) is 0 Å². The third-order valence-electron chi connectivity index (χ3n) is 3.94. The van der Waals surface area contributed by atoms with Crippen LogP contribution in [-0.4, -0.2) is 4.98 Å². The SMILES string of the molecule is Cc1c(Cl)ccc2c(CN)c3c(nc12)CCCC3. The molecule has 3 heteroatoms. The summed E-state index contributed by atoms with van der Waals surface area (Å²) < 4.78 is 0. The molecule has 1 aromatic heterocycles. The van der Waals surface area contributed by atoms with Crippen LogP contribution in [0.1, 0.15) is 35.2 Å². The Morgan fingerprint density at radius 1 is 1.28 bits per heavy atom. The molecule has 1 aliphatic rings. The van der Waals surface area contributed by atoms with Gasteiger partial charge >= 0.3 is 0 Å². The quantitative estimate of drug-likeness (QED) is 0.852. The van der Waals surface area contributed by atoms with Crippen LogP contribution in [0.3, 0.4) is 0 Å². The molecule has 0 spiro atoms. The number of nitrogens with zero attached hydrogens (tertiary/aromatic N) is 1. The molecule has 0 bridgehead atoms. The highest BCUT2D eigenvalue weighted by Crippen LogP contribution is 2.32. The highest BCUT2D eigenvalue weighted by atomic mass is 35.5. The van der Waals surface area contributed by atoms with Gasteiger partial charge < -0.3 is 5.73 Å². The second-order valence-corrected chi connectivity index (χ2v) is 5.40. The maximum atomic E-state index is 6.20. The van der Waals surface area contributed by atoms with Crippen LogP contribution in [0.2, 0.25) is 5.02 Å². The first-order chi connectivity index (χ1) is 8.72. The minimum absolute atomic E-state index is 0.586. The molecular formula is C15H17ClN2. The molecule has 2 N–H and O–H groups in total. The highest BCUT2D eigenvalue weighted by molar-refractivity contribution is 6.32. The number of benzene rings is 1. The van der Waals surface area contributed by atoms with Crippen molar-refractivity contribution in [2.45, 2.75) is 39.2 Å². The summed E-state index contributed by atoms with van der Waals surface area (Å²) in [6.45, 7) is 2.62. The predicted molar refractivity (Wildman–Crippen MR) is 76.0 cm³/mol. The lowest BCUT2D eigenvalue weighted by Gasteiger charge is -2.21. The van der Waals surface area contributed by atoms with E-state index in [2.05, 4.69) is 6.07 Å². The number of pyridine rings is 1. The van der Waals surface area contributed by atoms with Crippen molar-refractivity contribution in [2.75, 3.05) is 0 Å². The van der Waals surface area contributed by atoms with Crippen LogP contribution < -0.4 is 5.73 Å². The Morgan fingerprint density at radius 3 is 2.83 bits per heavy atom. The molecule has 1 aromatic carbocycles. The lowest BCUT2D eigenvalue weighted by Crippen LogP contribution is -2.12. The van der Waals surface area contributed by atoms with Gasteiger partial charge in [-0.1, -0.05) is 17.7 Å². The largest absolute Gasteiger partial charge is 0.326 e. The van der Waals surface area contributed by atoms with Crippen LogP contribution in [0.15, 0.2) is 12.1 Å². The Bertz CT molecular complexity index is 620. The standard InChI is InChI=1S/C15H17ClN2/c1-9-13(16)7-6-11-12(8-17)10-4-2-3-5-14(10)18-15(9)11/h6-7H,2-5,8,17H2,1H3. The molecule has 0 atom stereocenters. The van der Waals surface area contributed by atoms with Gasteiger partial charge in [0.25, 0.3) is 0 Å². The molecule has 0 fully saturated rings. The van der Waals surface area contributed by atoms with Crippen molar-refractivity contribution >= 4 is 22.5 Å². The maximum Gasteiger partial charge on any atom is 0.0752 e. The van der Waals surface area contributed by atoms with Crippen molar-refractivity contribution in [3.8, 4) is 0 Å².